The molecule has 0 fully saturated rings. The van der Waals surface area contributed by atoms with Gasteiger partial charge in [-0.3, -0.25) is 0 Å². The number of rotatable bonds is 3. The van der Waals surface area contributed by atoms with Crippen molar-refractivity contribution < 1.29 is 19.0 Å². The van der Waals surface area contributed by atoms with Crippen molar-refractivity contribution >= 4 is 17.6 Å². The minimum absolute atomic E-state index is 0.316. The largest absolute Gasteiger partial charge is 0.496 e. The normalized spacial score (nSPS) is 9.81. The molecule has 0 aliphatic carbocycles. The third-order valence-electron chi connectivity index (χ3n) is 2.26. The van der Waals surface area contributed by atoms with Crippen molar-refractivity contribution in [3.63, 3.8) is 0 Å². The average molecular weight is 245 g/mol. The molecule has 1 aromatic rings. The highest BCUT2D eigenvalue weighted by molar-refractivity contribution is 6.33. The molecule has 0 saturated carbocycles. The molecule has 0 aliphatic heterocycles. The lowest BCUT2D eigenvalue weighted by molar-refractivity contribution is 0.0596. The summed E-state index contributed by atoms with van der Waals surface area (Å²) in [6, 6.07) is 1.56. The summed E-state index contributed by atoms with van der Waals surface area (Å²) < 4.78 is 14.8. The zero-order chi connectivity index (χ0) is 12.3. The molecule has 5 heteroatoms. The lowest BCUT2D eigenvalue weighted by atomic mass is 10.1. The first kappa shape index (κ1) is 12.6. The quantitative estimate of drug-likeness (QED) is 0.766. The summed E-state index contributed by atoms with van der Waals surface area (Å²) in [5.74, 6) is 0.355. The molecule has 0 saturated heterocycles. The fourth-order valence-electron chi connectivity index (χ4n) is 1.40. The third-order valence-corrected chi connectivity index (χ3v) is 2.73. The van der Waals surface area contributed by atoms with Crippen LogP contribution in [0.5, 0.6) is 11.5 Å². The lowest BCUT2D eigenvalue weighted by Crippen LogP contribution is -2.07. The number of halogens is 1. The molecule has 16 heavy (non-hydrogen) atoms. The maximum Gasteiger partial charge on any atom is 0.341 e. The maximum absolute atomic E-state index is 11.6. The van der Waals surface area contributed by atoms with Gasteiger partial charge in [-0.25, -0.2) is 4.79 Å². The van der Waals surface area contributed by atoms with E-state index in [-0.39, 0.29) is 0 Å². The van der Waals surface area contributed by atoms with Crippen LogP contribution >= 0.6 is 11.6 Å². The molecule has 0 radical (unpaired) electrons. The summed E-state index contributed by atoms with van der Waals surface area (Å²) in [5.41, 5.74) is 0.889. The van der Waals surface area contributed by atoms with Gasteiger partial charge in [-0.2, -0.15) is 0 Å². The Morgan fingerprint density at radius 3 is 2.19 bits per heavy atom. The molecule has 0 bridgehead atoms. The Bertz CT molecular complexity index is 415. The van der Waals surface area contributed by atoms with Crippen molar-refractivity contribution in [2.45, 2.75) is 6.92 Å². The first-order valence-electron chi connectivity index (χ1n) is 4.56. The average Bonchev–Trinajstić information content (AvgIpc) is 2.31. The van der Waals surface area contributed by atoms with Gasteiger partial charge in [0.05, 0.1) is 26.4 Å². The minimum atomic E-state index is -0.487. The summed E-state index contributed by atoms with van der Waals surface area (Å²) in [4.78, 5) is 11.6. The van der Waals surface area contributed by atoms with Crippen LogP contribution in [0.1, 0.15) is 15.9 Å². The van der Waals surface area contributed by atoms with Gasteiger partial charge in [-0.1, -0.05) is 11.6 Å². The number of esters is 1. The predicted molar refractivity (Wildman–Crippen MR) is 60.6 cm³/mol. The maximum atomic E-state index is 11.6. The number of methoxy groups -OCH3 is 3. The molecule has 1 aromatic carbocycles. The highest BCUT2D eigenvalue weighted by Gasteiger charge is 2.21. The van der Waals surface area contributed by atoms with Crippen LogP contribution in [-0.4, -0.2) is 27.3 Å². The van der Waals surface area contributed by atoms with E-state index in [0.717, 1.165) is 0 Å². The lowest BCUT2D eigenvalue weighted by Gasteiger charge is -2.14. The molecule has 0 aliphatic rings. The standard InChI is InChI=1S/C11H13ClO4/c1-6-9(11(13)16-4)7(14-2)5-8(15-3)10(6)12/h5H,1-4H3. The molecule has 0 aromatic heterocycles. The van der Waals surface area contributed by atoms with E-state index >= 15 is 0 Å². The molecule has 0 unspecified atom stereocenters. The van der Waals surface area contributed by atoms with Crippen molar-refractivity contribution in [2.24, 2.45) is 0 Å². The van der Waals surface area contributed by atoms with Crippen LogP contribution in [-0.2, 0) is 4.74 Å². The molecule has 0 amide bonds. The number of hydrogen-bond donors (Lipinski definition) is 0. The molecular formula is C11H13ClO4. The number of carbonyl (C=O) groups is 1. The zero-order valence-electron chi connectivity index (χ0n) is 9.59. The van der Waals surface area contributed by atoms with E-state index in [2.05, 4.69) is 4.74 Å². The van der Waals surface area contributed by atoms with Crippen LogP contribution in [0.25, 0.3) is 0 Å². The van der Waals surface area contributed by atoms with Gasteiger partial charge in [-0.05, 0) is 12.5 Å². The van der Waals surface area contributed by atoms with Gasteiger partial charge in [0.25, 0.3) is 0 Å². The minimum Gasteiger partial charge on any atom is -0.496 e. The summed E-state index contributed by atoms with van der Waals surface area (Å²) in [5, 5.41) is 0.378. The second-order valence-corrected chi connectivity index (χ2v) is 3.46. The zero-order valence-corrected chi connectivity index (χ0v) is 10.3. The van der Waals surface area contributed by atoms with E-state index in [4.69, 9.17) is 21.1 Å². The molecule has 0 atom stereocenters. The summed E-state index contributed by atoms with van der Waals surface area (Å²) in [6.45, 7) is 1.71. The summed E-state index contributed by atoms with van der Waals surface area (Å²) in [7, 11) is 4.27. The Balaban J connectivity index is 3.47. The second-order valence-electron chi connectivity index (χ2n) is 3.09. The Morgan fingerprint density at radius 1 is 1.19 bits per heavy atom. The SMILES string of the molecule is COC(=O)c1c(OC)cc(OC)c(Cl)c1C. The monoisotopic (exact) mass is 244 g/mol. The van der Waals surface area contributed by atoms with Crippen LogP contribution in [0.15, 0.2) is 6.07 Å². The van der Waals surface area contributed by atoms with Crippen molar-refractivity contribution in [2.75, 3.05) is 21.3 Å². The second kappa shape index (κ2) is 5.07. The number of ether oxygens (including phenoxy) is 3. The molecule has 4 nitrogen and oxygen atoms in total. The van der Waals surface area contributed by atoms with Gasteiger partial charge < -0.3 is 14.2 Å². The Morgan fingerprint density at radius 2 is 1.75 bits per heavy atom. The molecule has 0 heterocycles. The van der Waals surface area contributed by atoms with Crippen LogP contribution in [0.2, 0.25) is 5.02 Å². The Kier molecular flexibility index (Phi) is 4.01. The molecule has 0 spiro atoms. The van der Waals surface area contributed by atoms with Crippen molar-refractivity contribution in [3.05, 3.63) is 22.2 Å². The topological polar surface area (TPSA) is 44.8 Å². The van der Waals surface area contributed by atoms with E-state index < -0.39 is 5.97 Å². The van der Waals surface area contributed by atoms with Crippen molar-refractivity contribution in [1.29, 1.82) is 0 Å². The van der Waals surface area contributed by atoms with Crippen LogP contribution in [0.3, 0.4) is 0 Å². The fourth-order valence-corrected chi connectivity index (χ4v) is 1.63. The van der Waals surface area contributed by atoms with E-state index in [0.29, 0.717) is 27.6 Å². The van der Waals surface area contributed by atoms with Gasteiger partial charge in [-0.15, -0.1) is 0 Å². The first-order valence-corrected chi connectivity index (χ1v) is 4.94. The van der Waals surface area contributed by atoms with Crippen molar-refractivity contribution in [1.82, 2.24) is 0 Å². The molecule has 88 valence electrons. The van der Waals surface area contributed by atoms with Gasteiger partial charge in [0, 0.05) is 6.07 Å². The summed E-state index contributed by atoms with van der Waals surface area (Å²) >= 11 is 6.04. The van der Waals surface area contributed by atoms with Gasteiger partial charge in [0.2, 0.25) is 0 Å². The van der Waals surface area contributed by atoms with Crippen LogP contribution < -0.4 is 9.47 Å². The molecule has 0 N–H and O–H groups in total. The van der Waals surface area contributed by atoms with E-state index in [1.807, 2.05) is 0 Å². The smallest absolute Gasteiger partial charge is 0.341 e. The van der Waals surface area contributed by atoms with Crippen molar-refractivity contribution in [3.8, 4) is 11.5 Å². The van der Waals surface area contributed by atoms with E-state index in [1.165, 1.54) is 21.3 Å². The third kappa shape index (κ3) is 2.07. The van der Waals surface area contributed by atoms with Gasteiger partial charge >= 0.3 is 5.97 Å². The van der Waals surface area contributed by atoms with E-state index in [9.17, 15) is 4.79 Å². The molecule has 1 rings (SSSR count). The fraction of sp³-hybridized carbons (Fsp3) is 0.364. The first-order chi connectivity index (χ1) is 7.56. The number of benzene rings is 1. The van der Waals surface area contributed by atoms with E-state index in [1.54, 1.807) is 13.0 Å². The highest BCUT2D eigenvalue weighted by Crippen LogP contribution is 2.36. The number of carbonyl (C=O) groups excluding carboxylic acids is 1. The van der Waals surface area contributed by atoms with Gasteiger partial charge in [0.15, 0.2) is 0 Å². The Labute approximate surface area is 99.1 Å². The predicted octanol–water partition coefficient (Wildman–Crippen LogP) is 2.45. The van der Waals surface area contributed by atoms with Gasteiger partial charge in [0.1, 0.15) is 17.1 Å². The van der Waals surface area contributed by atoms with Crippen LogP contribution in [0.4, 0.5) is 0 Å². The molecular weight excluding hydrogens is 232 g/mol. The Hall–Kier alpha value is -1.42. The highest BCUT2D eigenvalue weighted by atomic mass is 35.5. The van der Waals surface area contributed by atoms with Crippen LogP contribution in [0, 0.1) is 6.92 Å². The number of hydrogen-bond acceptors (Lipinski definition) is 4. The summed E-state index contributed by atoms with van der Waals surface area (Å²) in [6.07, 6.45) is 0.